The first-order valence-corrected chi connectivity index (χ1v) is 5.99. The highest BCUT2D eigenvalue weighted by Crippen LogP contribution is 2.21. The van der Waals surface area contributed by atoms with Crippen LogP contribution in [0.15, 0.2) is 30.6 Å². The van der Waals surface area contributed by atoms with Gasteiger partial charge >= 0.3 is 0 Å². The van der Waals surface area contributed by atoms with Gasteiger partial charge in [-0.05, 0) is 40.8 Å². The minimum absolute atomic E-state index is 0.735. The molecule has 0 aliphatic rings. The lowest BCUT2D eigenvalue weighted by molar-refractivity contribution is 0.767. The Morgan fingerprint density at radius 1 is 1.50 bits per heavy atom. The molecule has 0 unspecified atom stereocenters. The number of nitrogen functional groups attached to an aromatic ring is 1. The molecular formula is C11H13IN4. The van der Waals surface area contributed by atoms with Crippen molar-refractivity contribution in [3.05, 3.63) is 39.7 Å². The van der Waals surface area contributed by atoms with Gasteiger partial charge in [0.25, 0.3) is 0 Å². The van der Waals surface area contributed by atoms with Crippen molar-refractivity contribution in [3.8, 4) is 0 Å². The highest BCUT2D eigenvalue weighted by Gasteiger charge is 2.00. The smallest absolute Gasteiger partial charge is 0.0577 e. The number of halogens is 1. The van der Waals surface area contributed by atoms with Crippen LogP contribution in [0.1, 0.15) is 5.56 Å². The number of hydrogen-bond donors (Lipinski definition) is 2. The molecule has 1 aromatic carbocycles. The summed E-state index contributed by atoms with van der Waals surface area (Å²) in [5.41, 5.74) is 8.78. The first kappa shape index (κ1) is 11.3. The van der Waals surface area contributed by atoms with Crippen LogP contribution in [-0.2, 0) is 13.6 Å². The Morgan fingerprint density at radius 3 is 2.94 bits per heavy atom. The third-order valence-electron chi connectivity index (χ3n) is 2.25. The topological polar surface area (TPSA) is 55.9 Å². The van der Waals surface area contributed by atoms with E-state index in [1.807, 2.05) is 37.6 Å². The number of rotatable bonds is 3. The van der Waals surface area contributed by atoms with Gasteiger partial charge in [0.05, 0.1) is 17.6 Å². The Balaban J connectivity index is 2.04. The number of nitrogens with two attached hydrogens (primary N) is 1. The Labute approximate surface area is 108 Å². The molecule has 0 aliphatic carbocycles. The molecule has 0 atom stereocenters. The predicted octanol–water partition coefficient (Wildman–Crippen LogP) is 2.22. The molecule has 3 N–H and O–H groups in total. The van der Waals surface area contributed by atoms with E-state index in [1.165, 1.54) is 0 Å². The second kappa shape index (κ2) is 4.73. The lowest BCUT2D eigenvalue weighted by Crippen LogP contribution is -2.02. The summed E-state index contributed by atoms with van der Waals surface area (Å²) in [4.78, 5) is 0. The molecule has 5 heteroatoms. The number of hydrogen-bond acceptors (Lipinski definition) is 3. The van der Waals surface area contributed by atoms with Gasteiger partial charge in [0.1, 0.15) is 0 Å². The molecule has 0 radical (unpaired) electrons. The fraction of sp³-hybridized carbons (Fsp3) is 0.182. The number of nitrogens with one attached hydrogen (secondary N) is 1. The summed E-state index contributed by atoms with van der Waals surface area (Å²) in [6.45, 7) is 0.735. The monoisotopic (exact) mass is 328 g/mol. The summed E-state index contributed by atoms with van der Waals surface area (Å²) in [6, 6.07) is 5.97. The maximum absolute atomic E-state index is 5.90. The van der Waals surface area contributed by atoms with Crippen LogP contribution in [0.25, 0.3) is 0 Å². The van der Waals surface area contributed by atoms with Crippen molar-refractivity contribution >= 4 is 34.0 Å². The lowest BCUT2D eigenvalue weighted by atomic mass is 10.2. The summed E-state index contributed by atoms with van der Waals surface area (Å²) in [7, 11) is 1.91. The van der Waals surface area contributed by atoms with Crippen molar-refractivity contribution in [2.75, 3.05) is 11.1 Å². The Morgan fingerprint density at radius 2 is 2.31 bits per heavy atom. The Bertz CT molecular complexity index is 492. The van der Waals surface area contributed by atoms with Crippen LogP contribution in [0.3, 0.4) is 0 Å². The number of aryl methyl sites for hydroxylation is 1. The average molecular weight is 328 g/mol. The van der Waals surface area contributed by atoms with E-state index in [4.69, 9.17) is 5.73 Å². The summed E-state index contributed by atoms with van der Waals surface area (Å²) < 4.78 is 2.93. The first-order chi connectivity index (χ1) is 7.65. The predicted molar refractivity (Wildman–Crippen MR) is 74.1 cm³/mol. The van der Waals surface area contributed by atoms with E-state index in [-0.39, 0.29) is 0 Å². The molecule has 2 aromatic rings. The maximum Gasteiger partial charge on any atom is 0.0577 e. The third-order valence-corrected chi connectivity index (χ3v) is 2.93. The van der Waals surface area contributed by atoms with Crippen molar-refractivity contribution < 1.29 is 0 Å². The van der Waals surface area contributed by atoms with E-state index in [0.29, 0.717) is 0 Å². The molecule has 0 saturated heterocycles. The van der Waals surface area contributed by atoms with Crippen LogP contribution in [0.4, 0.5) is 11.4 Å². The molecule has 0 aliphatic heterocycles. The summed E-state index contributed by atoms with van der Waals surface area (Å²) >= 11 is 2.24. The van der Waals surface area contributed by atoms with E-state index in [9.17, 15) is 0 Å². The van der Waals surface area contributed by atoms with Crippen molar-refractivity contribution in [1.82, 2.24) is 9.78 Å². The number of benzene rings is 1. The normalized spacial score (nSPS) is 10.4. The molecule has 2 rings (SSSR count). The number of anilines is 2. The minimum atomic E-state index is 0.735. The summed E-state index contributed by atoms with van der Waals surface area (Å²) in [5, 5.41) is 7.40. The van der Waals surface area contributed by atoms with Crippen molar-refractivity contribution in [2.24, 2.45) is 7.05 Å². The lowest BCUT2D eigenvalue weighted by Gasteiger charge is -2.08. The van der Waals surface area contributed by atoms with Crippen molar-refractivity contribution in [1.29, 1.82) is 0 Å². The molecule has 0 saturated carbocycles. The van der Waals surface area contributed by atoms with Gasteiger partial charge in [-0.2, -0.15) is 5.10 Å². The van der Waals surface area contributed by atoms with Crippen LogP contribution < -0.4 is 11.1 Å². The zero-order chi connectivity index (χ0) is 11.5. The number of nitrogens with zero attached hydrogens (tertiary/aromatic N) is 2. The van der Waals surface area contributed by atoms with E-state index in [1.54, 1.807) is 4.68 Å². The molecule has 0 amide bonds. The molecule has 1 heterocycles. The fourth-order valence-corrected chi connectivity index (χ4v) is 1.97. The van der Waals surface area contributed by atoms with Crippen LogP contribution in [0.2, 0.25) is 0 Å². The van der Waals surface area contributed by atoms with Crippen molar-refractivity contribution in [2.45, 2.75) is 6.54 Å². The third kappa shape index (κ3) is 2.66. The molecule has 4 nitrogen and oxygen atoms in total. The molecule has 0 spiro atoms. The maximum atomic E-state index is 5.90. The van der Waals surface area contributed by atoms with Gasteiger partial charge in [0.15, 0.2) is 0 Å². The van der Waals surface area contributed by atoms with Gasteiger partial charge in [-0.25, -0.2) is 0 Å². The Kier molecular flexibility index (Phi) is 3.33. The summed E-state index contributed by atoms with van der Waals surface area (Å²) in [6.07, 6.45) is 3.83. The van der Waals surface area contributed by atoms with Gasteiger partial charge in [-0.3, -0.25) is 4.68 Å². The van der Waals surface area contributed by atoms with Crippen molar-refractivity contribution in [3.63, 3.8) is 0 Å². The molecule has 0 bridgehead atoms. The van der Waals surface area contributed by atoms with Gasteiger partial charge in [-0.15, -0.1) is 0 Å². The second-order valence-electron chi connectivity index (χ2n) is 3.61. The van der Waals surface area contributed by atoms with Gasteiger partial charge < -0.3 is 11.1 Å². The zero-order valence-corrected chi connectivity index (χ0v) is 11.1. The summed E-state index contributed by atoms with van der Waals surface area (Å²) in [5.74, 6) is 0. The van der Waals surface area contributed by atoms with Gasteiger partial charge in [-0.1, -0.05) is 0 Å². The highest BCUT2D eigenvalue weighted by molar-refractivity contribution is 14.1. The van der Waals surface area contributed by atoms with E-state index in [2.05, 4.69) is 33.0 Å². The molecule has 84 valence electrons. The Hall–Kier alpha value is -1.24. The molecule has 0 fully saturated rings. The highest BCUT2D eigenvalue weighted by atomic mass is 127. The fourth-order valence-electron chi connectivity index (χ4n) is 1.46. The van der Waals surface area contributed by atoms with E-state index < -0.39 is 0 Å². The van der Waals surface area contributed by atoms with Gasteiger partial charge in [0, 0.05) is 28.9 Å². The van der Waals surface area contributed by atoms with E-state index in [0.717, 1.165) is 27.1 Å². The minimum Gasteiger partial charge on any atom is -0.397 e. The first-order valence-electron chi connectivity index (χ1n) is 4.91. The average Bonchev–Trinajstić information content (AvgIpc) is 2.63. The second-order valence-corrected chi connectivity index (χ2v) is 4.85. The standard InChI is InChI=1S/C11H13IN4/c1-16-7-8(6-15-16)5-14-11-3-2-9(12)4-10(11)13/h2-4,6-7,14H,5,13H2,1H3. The van der Waals surface area contributed by atoms with Crippen LogP contribution in [0, 0.1) is 3.57 Å². The SMILES string of the molecule is Cn1cc(CNc2ccc(I)cc2N)cn1. The largest absolute Gasteiger partial charge is 0.397 e. The van der Waals surface area contributed by atoms with Crippen LogP contribution in [0.5, 0.6) is 0 Å². The molecule has 1 aromatic heterocycles. The van der Waals surface area contributed by atoms with Gasteiger partial charge in [0.2, 0.25) is 0 Å². The quantitative estimate of drug-likeness (QED) is 0.671. The van der Waals surface area contributed by atoms with Crippen LogP contribution >= 0.6 is 22.6 Å². The molecular weight excluding hydrogens is 315 g/mol. The van der Waals surface area contributed by atoms with E-state index >= 15 is 0 Å². The van der Waals surface area contributed by atoms with Crippen LogP contribution in [-0.4, -0.2) is 9.78 Å². The zero-order valence-electron chi connectivity index (χ0n) is 8.94. The number of aromatic nitrogens is 2. The molecule has 16 heavy (non-hydrogen) atoms.